The van der Waals surface area contributed by atoms with Crippen molar-refractivity contribution in [1.82, 2.24) is 0 Å². The van der Waals surface area contributed by atoms with Crippen LogP contribution in [0.5, 0.6) is 0 Å². The fourth-order valence-corrected chi connectivity index (χ4v) is 7.69. The summed E-state index contributed by atoms with van der Waals surface area (Å²) in [5.74, 6) is 0. The summed E-state index contributed by atoms with van der Waals surface area (Å²) in [4.78, 5) is 0. The Morgan fingerprint density at radius 2 is 1.08 bits per heavy atom. The predicted octanol–water partition coefficient (Wildman–Crippen LogP) is 6.38. The van der Waals surface area contributed by atoms with E-state index in [1.807, 2.05) is 0 Å². The van der Waals surface area contributed by atoms with Crippen LogP contribution in [0.2, 0.25) is 0 Å². The zero-order valence-electron chi connectivity index (χ0n) is 14.1. The Labute approximate surface area is 146 Å². The van der Waals surface area contributed by atoms with Crippen LogP contribution in [0.25, 0.3) is 0 Å². The average Bonchev–Trinajstić information content (AvgIpc) is 3.08. The lowest BCUT2D eigenvalue weighted by molar-refractivity contribution is 0.765. The molecule has 1 fully saturated rings. The van der Waals surface area contributed by atoms with Gasteiger partial charge in [0.05, 0.1) is 0 Å². The third-order valence-corrected chi connectivity index (χ3v) is 8.66. The van der Waals surface area contributed by atoms with E-state index in [0.717, 1.165) is 0 Å². The first-order chi connectivity index (χ1) is 11.8. The molecule has 0 unspecified atom stereocenters. The van der Waals surface area contributed by atoms with E-state index in [1.165, 1.54) is 29.5 Å². The minimum Gasteiger partial charge on any atom is -0.0622 e. The van der Waals surface area contributed by atoms with Gasteiger partial charge in [-0.05, 0) is 41.8 Å². The van der Waals surface area contributed by atoms with Crippen molar-refractivity contribution >= 4 is 13.2 Å². The first-order valence-corrected chi connectivity index (χ1v) is 10.3. The van der Waals surface area contributed by atoms with Gasteiger partial charge in [-0.1, -0.05) is 92.9 Å². The van der Waals surface area contributed by atoms with Gasteiger partial charge in [0.1, 0.15) is 0 Å². The van der Waals surface area contributed by atoms with Crippen molar-refractivity contribution < 1.29 is 0 Å². The maximum Gasteiger partial charge on any atom is 0.00878 e. The highest BCUT2D eigenvalue weighted by Crippen LogP contribution is 2.69. The summed E-state index contributed by atoms with van der Waals surface area (Å²) in [6.07, 6.45) is 2.59. The summed E-state index contributed by atoms with van der Waals surface area (Å²) in [7, 11) is -0.240. The molecule has 2 atom stereocenters. The molecule has 0 saturated carbocycles. The summed E-state index contributed by atoms with van der Waals surface area (Å²) < 4.78 is 0. The van der Waals surface area contributed by atoms with Crippen LogP contribution in [-0.2, 0) is 0 Å². The van der Waals surface area contributed by atoms with Crippen LogP contribution < -0.4 is 5.30 Å². The molecule has 1 saturated heterocycles. The Balaban J connectivity index is 1.80. The molecule has 1 heteroatoms. The van der Waals surface area contributed by atoms with Gasteiger partial charge in [0.2, 0.25) is 0 Å². The molecule has 120 valence electrons. The minimum absolute atomic E-state index is 0.240. The summed E-state index contributed by atoms with van der Waals surface area (Å²) in [5, 5.41) is 1.59. The maximum atomic E-state index is 2.37. The summed E-state index contributed by atoms with van der Waals surface area (Å²) in [6, 6.07) is 31.4. The summed E-state index contributed by atoms with van der Waals surface area (Å²) in [5.41, 5.74) is 5.84. The zero-order valence-corrected chi connectivity index (χ0v) is 15.0. The van der Waals surface area contributed by atoms with Crippen molar-refractivity contribution in [1.29, 1.82) is 0 Å². The van der Waals surface area contributed by atoms with Crippen molar-refractivity contribution in [2.75, 3.05) is 0 Å². The lowest BCUT2D eigenvalue weighted by atomic mass is 10.0. The molecule has 0 spiro atoms. The third kappa shape index (κ3) is 2.92. The Morgan fingerprint density at radius 3 is 1.58 bits per heavy atom. The number of hydrogen-bond donors (Lipinski definition) is 0. The van der Waals surface area contributed by atoms with Crippen LogP contribution in [-0.4, -0.2) is 0 Å². The second-order valence-corrected chi connectivity index (χ2v) is 9.17. The average molecular weight is 330 g/mol. The first-order valence-electron chi connectivity index (χ1n) is 8.78. The van der Waals surface area contributed by atoms with E-state index in [9.17, 15) is 0 Å². The quantitative estimate of drug-likeness (QED) is 0.489. The molecule has 0 aliphatic carbocycles. The molecule has 0 N–H and O–H groups in total. The van der Waals surface area contributed by atoms with E-state index >= 15 is 0 Å². The van der Waals surface area contributed by atoms with E-state index in [1.54, 1.807) is 5.30 Å². The van der Waals surface area contributed by atoms with Crippen LogP contribution >= 0.6 is 7.92 Å². The van der Waals surface area contributed by atoms with Crippen LogP contribution in [0, 0.1) is 6.92 Å². The lowest BCUT2D eigenvalue weighted by Gasteiger charge is -2.28. The zero-order chi connectivity index (χ0) is 16.4. The maximum absolute atomic E-state index is 2.37. The summed E-state index contributed by atoms with van der Waals surface area (Å²) in [6.45, 7) is 2.28. The van der Waals surface area contributed by atoms with Gasteiger partial charge in [0, 0.05) is 11.3 Å². The Hall–Kier alpha value is -1.91. The predicted molar refractivity (Wildman–Crippen MR) is 105 cm³/mol. The second-order valence-electron chi connectivity index (χ2n) is 6.62. The van der Waals surface area contributed by atoms with Gasteiger partial charge < -0.3 is 0 Å². The van der Waals surface area contributed by atoms with Crippen molar-refractivity contribution in [3.63, 3.8) is 0 Å². The highest BCUT2D eigenvalue weighted by atomic mass is 31.1. The van der Waals surface area contributed by atoms with Gasteiger partial charge in [0.15, 0.2) is 0 Å². The smallest absolute Gasteiger partial charge is 0.00878 e. The molecule has 24 heavy (non-hydrogen) atoms. The van der Waals surface area contributed by atoms with Crippen LogP contribution in [0.3, 0.4) is 0 Å². The van der Waals surface area contributed by atoms with Crippen LogP contribution in [0.4, 0.5) is 0 Å². The highest BCUT2D eigenvalue weighted by Gasteiger charge is 2.38. The van der Waals surface area contributed by atoms with Crippen molar-refractivity contribution in [2.45, 2.75) is 31.1 Å². The molecule has 0 amide bonds. The second kappa shape index (κ2) is 6.91. The topological polar surface area (TPSA) is 0 Å². The molecular weight excluding hydrogens is 307 g/mol. The SMILES string of the molecule is Cc1ccccc1P1[C@H](c2ccccc2)CC[C@H]1c1ccccc1. The molecule has 4 rings (SSSR count). The van der Waals surface area contributed by atoms with Crippen molar-refractivity contribution in [3.8, 4) is 0 Å². The Bertz CT molecular complexity index is 747. The molecule has 1 heterocycles. The molecular formula is C23H23P. The van der Waals surface area contributed by atoms with E-state index < -0.39 is 0 Å². The van der Waals surface area contributed by atoms with Gasteiger partial charge in [-0.15, -0.1) is 0 Å². The number of benzene rings is 3. The molecule has 1 aliphatic rings. The molecule has 0 aromatic heterocycles. The van der Waals surface area contributed by atoms with E-state index in [2.05, 4.69) is 91.9 Å². The van der Waals surface area contributed by atoms with Gasteiger partial charge in [0.25, 0.3) is 0 Å². The van der Waals surface area contributed by atoms with Gasteiger partial charge >= 0.3 is 0 Å². The number of rotatable bonds is 3. The van der Waals surface area contributed by atoms with Crippen molar-refractivity contribution in [2.24, 2.45) is 0 Å². The monoisotopic (exact) mass is 330 g/mol. The third-order valence-electron chi connectivity index (χ3n) is 5.15. The van der Waals surface area contributed by atoms with Crippen LogP contribution in [0.1, 0.15) is 40.8 Å². The van der Waals surface area contributed by atoms with Crippen LogP contribution in [0.15, 0.2) is 84.9 Å². The Kier molecular flexibility index (Phi) is 4.50. The molecule has 0 radical (unpaired) electrons. The fourth-order valence-electron chi connectivity index (χ4n) is 4.00. The molecule has 3 aromatic rings. The largest absolute Gasteiger partial charge is 0.0622 e. The van der Waals surface area contributed by atoms with Gasteiger partial charge in [-0.2, -0.15) is 0 Å². The summed E-state index contributed by atoms with van der Waals surface area (Å²) >= 11 is 0. The molecule has 0 nitrogen and oxygen atoms in total. The Morgan fingerprint density at radius 1 is 0.625 bits per heavy atom. The molecule has 3 aromatic carbocycles. The molecule has 1 aliphatic heterocycles. The van der Waals surface area contributed by atoms with Crippen molar-refractivity contribution in [3.05, 3.63) is 102 Å². The minimum atomic E-state index is -0.240. The molecule has 0 bridgehead atoms. The first kappa shape index (κ1) is 15.6. The number of aryl methyl sites for hydroxylation is 1. The van der Waals surface area contributed by atoms with E-state index in [4.69, 9.17) is 0 Å². The fraction of sp³-hybridized carbons (Fsp3) is 0.217. The normalized spacial score (nSPS) is 21.0. The number of hydrogen-bond acceptors (Lipinski definition) is 0. The van der Waals surface area contributed by atoms with E-state index in [-0.39, 0.29) is 7.92 Å². The van der Waals surface area contributed by atoms with E-state index in [0.29, 0.717) is 11.3 Å². The van der Waals surface area contributed by atoms with Gasteiger partial charge in [-0.25, -0.2) is 0 Å². The highest BCUT2D eigenvalue weighted by molar-refractivity contribution is 7.66. The standard InChI is InChI=1S/C23H23P/c1-18-10-8-9-15-21(18)24-22(19-11-4-2-5-12-19)16-17-23(24)20-13-6-3-7-14-20/h2-15,22-23H,16-17H2,1H3/t22-,23-/m0/s1. The van der Waals surface area contributed by atoms with Gasteiger partial charge in [-0.3, -0.25) is 0 Å². The lowest BCUT2D eigenvalue weighted by Crippen LogP contribution is -2.10.